The fourth-order valence-corrected chi connectivity index (χ4v) is 4.12. The van der Waals surface area contributed by atoms with Crippen LogP contribution >= 0.6 is 0 Å². The highest BCUT2D eigenvalue weighted by molar-refractivity contribution is 5.66. The average molecular weight is 383 g/mol. The van der Waals surface area contributed by atoms with E-state index in [2.05, 4.69) is 0 Å². The van der Waals surface area contributed by atoms with E-state index in [4.69, 9.17) is 10.2 Å². The van der Waals surface area contributed by atoms with Crippen LogP contribution in [-0.4, -0.2) is 22.2 Å². The Hall–Kier alpha value is -1.06. The Morgan fingerprint density at radius 1 is 0.519 bits per heavy atom. The van der Waals surface area contributed by atoms with E-state index in [1.165, 1.54) is 89.9 Å². The smallest absolute Gasteiger partial charge is 0.303 e. The van der Waals surface area contributed by atoms with Crippen LogP contribution in [0.3, 0.4) is 0 Å². The minimum Gasteiger partial charge on any atom is -0.481 e. The molecule has 158 valence electrons. The first-order valence-electron chi connectivity index (χ1n) is 11.5. The largest absolute Gasteiger partial charge is 0.481 e. The second kappa shape index (κ2) is 14.9. The third kappa shape index (κ3) is 14.6. The van der Waals surface area contributed by atoms with E-state index in [0.717, 1.165) is 25.7 Å². The topological polar surface area (TPSA) is 74.6 Å². The molecular formula is C23H42O4. The average Bonchev–Trinajstić information content (AvgIpc) is 3.38. The lowest BCUT2D eigenvalue weighted by Crippen LogP contribution is -2.00. The number of aliphatic carboxylic acids is 2. The molecule has 0 heterocycles. The van der Waals surface area contributed by atoms with Crippen LogP contribution in [0, 0.1) is 5.41 Å². The Balaban J connectivity index is 1.83. The van der Waals surface area contributed by atoms with Crippen molar-refractivity contribution in [2.24, 2.45) is 5.41 Å². The molecule has 0 bridgehead atoms. The van der Waals surface area contributed by atoms with Gasteiger partial charge in [0.15, 0.2) is 0 Å². The first kappa shape index (κ1) is 24.0. The molecule has 2 N–H and O–H groups in total. The van der Waals surface area contributed by atoms with Gasteiger partial charge in [-0.3, -0.25) is 9.59 Å². The number of carboxylic acids is 2. The maximum atomic E-state index is 10.4. The molecule has 0 aliphatic heterocycles. The van der Waals surface area contributed by atoms with E-state index >= 15 is 0 Å². The number of unbranched alkanes of at least 4 members (excludes halogenated alkanes) is 12. The molecule has 0 atom stereocenters. The van der Waals surface area contributed by atoms with Crippen molar-refractivity contribution in [3.63, 3.8) is 0 Å². The number of carboxylic acid groups (broad SMARTS) is 2. The normalized spacial score (nSPS) is 15.0. The molecule has 1 saturated carbocycles. The number of hydrogen-bond donors (Lipinski definition) is 2. The summed E-state index contributed by atoms with van der Waals surface area (Å²) in [6, 6.07) is 0. The summed E-state index contributed by atoms with van der Waals surface area (Å²) in [6.07, 6.45) is 23.1. The van der Waals surface area contributed by atoms with E-state index in [1.807, 2.05) is 0 Å². The fourth-order valence-electron chi connectivity index (χ4n) is 4.12. The zero-order chi connectivity index (χ0) is 19.8. The quantitative estimate of drug-likeness (QED) is 0.223. The predicted octanol–water partition coefficient (Wildman–Crippen LogP) is 6.96. The third-order valence-corrected chi connectivity index (χ3v) is 6.15. The maximum Gasteiger partial charge on any atom is 0.303 e. The van der Waals surface area contributed by atoms with Crippen molar-refractivity contribution in [3.05, 3.63) is 0 Å². The minimum absolute atomic E-state index is 0.327. The third-order valence-electron chi connectivity index (χ3n) is 6.15. The zero-order valence-corrected chi connectivity index (χ0v) is 17.4. The number of rotatable bonds is 20. The minimum atomic E-state index is -0.666. The van der Waals surface area contributed by atoms with Crippen molar-refractivity contribution >= 4 is 11.9 Å². The first-order chi connectivity index (χ1) is 13.0. The highest BCUT2D eigenvalue weighted by Gasteiger charge is 2.40. The summed E-state index contributed by atoms with van der Waals surface area (Å²) in [5.41, 5.74) is 0.697. The van der Waals surface area contributed by atoms with Gasteiger partial charge in [0, 0.05) is 12.8 Å². The zero-order valence-electron chi connectivity index (χ0n) is 17.4. The van der Waals surface area contributed by atoms with Crippen LogP contribution in [0.2, 0.25) is 0 Å². The summed E-state index contributed by atoms with van der Waals surface area (Å²) in [6.45, 7) is 0. The lowest BCUT2D eigenvalue weighted by Gasteiger charge is -2.14. The molecular weight excluding hydrogens is 340 g/mol. The van der Waals surface area contributed by atoms with E-state index in [0.29, 0.717) is 18.3 Å². The van der Waals surface area contributed by atoms with Crippen LogP contribution in [0.15, 0.2) is 0 Å². The van der Waals surface area contributed by atoms with E-state index < -0.39 is 11.9 Å². The Labute approximate surface area is 166 Å². The Kier molecular flexibility index (Phi) is 13.3. The molecule has 0 amide bonds. The van der Waals surface area contributed by atoms with Crippen LogP contribution in [0.1, 0.15) is 128 Å². The molecule has 1 aliphatic carbocycles. The van der Waals surface area contributed by atoms with Crippen molar-refractivity contribution in [1.82, 2.24) is 0 Å². The molecule has 0 saturated heterocycles. The van der Waals surface area contributed by atoms with Gasteiger partial charge in [-0.2, -0.15) is 0 Å². The van der Waals surface area contributed by atoms with Crippen LogP contribution in [0.25, 0.3) is 0 Å². The molecule has 0 spiro atoms. The van der Waals surface area contributed by atoms with Gasteiger partial charge >= 0.3 is 11.9 Å². The maximum absolute atomic E-state index is 10.4. The van der Waals surface area contributed by atoms with Gasteiger partial charge in [-0.1, -0.05) is 77.0 Å². The van der Waals surface area contributed by atoms with Crippen molar-refractivity contribution in [2.75, 3.05) is 0 Å². The van der Waals surface area contributed by atoms with Gasteiger partial charge in [0.2, 0.25) is 0 Å². The summed E-state index contributed by atoms with van der Waals surface area (Å²) in [7, 11) is 0. The van der Waals surface area contributed by atoms with Gasteiger partial charge < -0.3 is 10.2 Å². The van der Waals surface area contributed by atoms with Crippen LogP contribution < -0.4 is 0 Å². The predicted molar refractivity (Wildman–Crippen MR) is 110 cm³/mol. The van der Waals surface area contributed by atoms with Gasteiger partial charge in [-0.25, -0.2) is 0 Å². The van der Waals surface area contributed by atoms with E-state index in [-0.39, 0.29) is 0 Å². The number of hydrogen-bond acceptors (Lipinski definition) is 2. The molecule has 4 heteroatoms. The second-order valence-electron chi connectivity index (χ2n) is 8.74. The summed E-state index contributed by atoms with van der Waals surface area (Å²) >= 11 is 0. The lowest BCUT2D eigenvalue weighted by molar-refractivity contribution is -0.138. The molecule has 1 fully saturated rings. The van der Waals surface area contributed by atoms with Crippen LogP contribution in [0.4, 0.5) is 0 Å². The molecule has 0 aromatic heterocycles. The van der Waals surface area contributed by atoms with Crippen molar-refractivity contribution in [1.29, 1.82) is 0 Å². The van der Waals surface area contributed by atoms with Gasteiger partial charge in [0.05, 0.1) is 0 Å². The molecule has 0 aromatic carbocycles. The summed E-state index contributed by atoms with van der Waals surface area (Å²) < 4.78 is 0. The molecule has 27 heavy (non-hydrogen) atoms. The van der Waals surface area contributed by atoms with Gasteiger partial charge in [-0.05, 0) is 43.9 Å². The molecule has 0 aromatic rings. The highest BCUT2D eigenvalue weighted by Crippen LogP contribution is 2.53. The van der Waals surface area contributed by atoms with Gasteiger partial charge in [0.1, 0.15) is 0 Å². The monoisotopic (exact) mass is 382 g/mol. The molecule has 0 unspecified atom stereocenters. The lowest BCUT2D eigenvalue weighted by atomic mass is 9.91. The van der Waals surface area contributed by atoms with Gasteiger partial charge in [0.25, 0.3) is 0 Å². The number of carbonyl (C=O) groups is 2. The van der Waals surface area contributed by atoms with Crippen LogP contribution in [-0.2, 0) is 9.59 Å². The standard InChI is InChI=1S/C23H42O4/c24-21(25)15-11-7-3-1-5-9-13-17-23(19-20-23)18-14-10-6-2-4-8-12-16-22(26)27/h1-20H2,(H,24,25)(H,26,27). The van der Waals surface area contributed by atoms with Crippen molar-refractivity contribution in [2.45, 2.75) is 128 Å². The van der Waals surface area contributed by atoms with E-state index in [9.17, 15) is 9.59 Å². The van der Waals surface area contributed by atoms with Crippen molar-refractivity contribution < 1.29 is 19.8 Å². The molecule has 1 rings (SSSR count). The first-order valence-corrected chi connectivity index (χ1v) is 11.5. The molecule has 4 nitrogen and oxygen atoms in total. The fraction of sp³-hybridized carbons (Fsp3) is 0.913. The van der Waals surface area contributed by atoms with Gasteiger partial charge in [-0.15, -0.1) is 0 Å². The van der Waals surface area contributed by atoms with E-state index in [1.54, 1.807) is 0 Å². The molecule has 0 radical (unpaired) electrons. The Morgan fingerprint density at radius 2 is 0.815 bits per heavy atom. The highest BCUT2D eigenvalue weighted by atomic mass is 16.4. The second-order valence-corrected chi connectivity index (χ2v) is 8.74. The molecule has 1 aliphatic rings. The van der Waals surface area contributed by atoms with Crippen LogP contribution in [0.5, 0.6) is 0 Å². The Morgan fingerprint density at radius 3 is 1.11 bits per heavy atom. The SMILES string of the molecule is O=C(O)CCCCCCCCCC1(CCCCCCCCCC(=O)O)CC1. The summed E-state index contributed by atoms with van der Waals surface area (Å²) in [5, 5.41) is 17.2. The summed E-state index contributed by atoms with van der Waals surface area (Å²) in [5.74, 6) is -1.33. The van der Waals surface area contributed by atoms with Crippen molar-refractivity contribution in [3.8, 4) is 0 Å². The Bertz CT molecular complexity index is 367. The summed E-state index contributed by atoms with van der Waals surface area (Å²) in [4.78, 5) is 20.9.